The number of nitrogens with zero attached hydrogens (tertiary/aromatic N) is 6. The van der Waals surface area contributed by atoms with Crippen molar-refractivity contribution in [2.24, 2.45) is 0 Å². The standard InChI is InChI=1S/C16H22N6O/c1-21(15-8-16(23-2)20-12-19-15)14-4-3-7-22(11-14)10-13-9-17-5-6-18-13/h5-6,8-9,12,14H,3-4,7,10-11H2,1-2H3. The SMILES string of the molecule is COc1cc(N(C)C2CCCN(Cc3cnccn3)C2)ncn1. The van der Waals surface area contributed by atoms with E-state index in [1.165, 1.54) is 0 Å². The van der Waals surface area contributed by atoms with E-state index in [1.54, 1.807) is 25.8 Å². The second-order valence-electron chi connectivity index (χ2n) is 5.76. The third-order valence-electron chi connectivity index (χ3n) is 4.23. The maximum Gasteiger partial charge on any atom is 0.218 e. The summed E-state index contributed by atoms with van der Waals surface area (Å²) in [4.78, 5) is 21.6. The summed E-state index contributed by atoms with van der Waals surface area (Å²) in [6.07, 6.45) is 9.15. The van der Waals surface area contributed by atoms with Crippen LogP contribution in [0.2, 0.25) is 0 Å². The van der Waals surface area contributed by atoms with Gasteiger partial charge in [0.1, 0.15) is 12.1 Å². The number of ether oxygens (including phenoxy) is 1. The van der Waals surface area contributed by atoms with Crippen molar-refractivity contribution in [3.05, 3.63) is 36.7 Å². The van der Waals surface area contributed by atoms with E-state index in [-0.39, 0.29) is 0 Å². The lowest BCUT2D eigenvalue weighted by atomic mass is 10.0. The summed E-state index contributed by atoms with van der Waals surface area (Å²) in [7, 11) is 3.70. The van der Waals surface area contributed by atoms with Gasteiger partial charge in [0.05, 0.1) is 12.8 Å². The van der Waals surface area contributed by atoms with Gasteiger partial charge in [0, 0.05) is 50.8 Å². The molecule has 2 aromatic heterocycles. The van der Waals surface area contributed by atoms with Gasteiger partial charge in [0.15, 0.2) is 0 Å². The van der Waals surface area contributed by atoms with Crippen molar-refractivity contribution < 1.29 is 4.74 Å². The highest BCUT2D eigenvalue weighted by Gasteiger charge is 2.24. The number of hydrogen-bond donors (Lipinski definition) is 0. The van der Waals surface area contributed by atoms with Gasteiger partial charge < -0.3 is 9.64 Å². The minimum Gasteiger partial charge on any atom is -0.481 e. The average Bonchev–Trinajstić information content (AvgIpc) is 2.62. The van der Waals surface area contributed by atoms with Crippen LogP contribution in [0.3, 0.4) is 0 Å². The number of anilines is 1. The first kappa shape index (κ1) is 15.6. The van der Waals surface area contributed by atoms with Gasteiger partial charge in [0.25, 0.3) is 0 Å². The molecule has 2 aromatic rings. The normalized spacial score (nSPS) is 18.6. The van der Waals surface area contributed by atoms with E-state index >= 15 is 0 Å². The molecular weight excluding hydrogens is 292 g/mol. The largest absolute Gasteiger partial charge is 0.481 e. The van der Waals surface area contributed by atoms with Gasteiger partial charge in [-0.05, 0) is 19.4 Å². The van der Waals surface area contributed by atoms with Crippen molar-refractivity contribution in [1.29, 1.82) is 0 Å². The van der Waals surface area contributed by atoms with Crippen molar-refractivity contribution in [3.63, 3.8) is 0 Å². The van der Waals surface area contributed by atoms with Crippen LogP contribution in [0.4, 0.5) is 5.82 Å². The lowest BCUT2D eigenvalue weighted by Gasteiger charge is -2.38. The predicted molar refractivity (Wildman–Crippen MR) is 87.3 cm³/mol. The molecule has 0 saturated carbocycles. The van der Waals surface area contributed by atoms with Crippen molar-refractivity contribution in [2.45, 2.75) is 25.4 Å². The third kappa shape index (κ3) is 3.92. The monoisotopic (exact) mass is 314 g/mol. The molecule has 0 amide bonds. The molecule has 1 aliphatic heterocycles. The van der Waals surface area contributed by atoms with E-state index in [1.807, 2.05) is 12.3 Å². The molecule has 0 radical (unpaired) electrons. The number of likely N-dealkylation sites (tertiary alicyclic amines) is 1. The van der Waals surface area contributed by atoms with Gasteiger partial charge in [0.2, 0.25) is 5.88 Å². The van der Waals surface area contributed by atoms with Crippen molar-refractivity contribution in [3.8, 4) is 5.88 Å². The summed E-state index contributed by atoms with van der Waals surface area (Å²) in [5.74, 6) is 1.48. The number of piperidine rings is 1. The van der Waals surface area contributed by atoms with Crippen LogP contribution < -0.4 is 9.64 Å². The van der Waals surface area contributed by atoms with Crippen molar-refractivity contribution >= 4 is 5.82 Å². The molecule has 1 fully saturated rings. The summed E-state index contributed by atoms with van der Waals surface area (Å²) >= 11 is 0. The minimum absolute atomic E-state index is 0.417. The van der Waals surface area contributed by atoms with Gasteiger partial charge in [-0.15, -0.1) is 0 Å². The van der Waals surface area contributed by atoms with Gasteiger partial charge in [-0.25, -0.2) is 9.97 Å². The molecule has 0 N–H and O–H groups in total. The zero-order chi connectivity index (χ0) is 16.1. The van der Waals surface area contributed by atoms with Gasteiger partial charge in [-0.1, -0.05) is 0 Å². The van der Waals surface area contributed by atoms with Crippen LogP contribution in [0.25, 0.3) is 0 Å². The van der Waals surface area contributed by atoms with Gasteiger partial charge in [-0.2, -0.15) is 0 Å². The smallest absolute Gasteiger partial charge is 0.218 e. The molecule has 1 unspecified atom stereocenters. The molecule has 0 bridgehead atoms. The third-order valence-corrected chi connectivity index (χ3v) is 4.23. The van der Waals surface area contributed by atoms with Crippen molar-refractivity contribution in [1.82, 2.24) is 24.8 Å². The van der Waals surface area contributed by atoms with Crippen LogP contribution in [-0.4, -0.2) is 58.1 Å². The highest BCUT2D eigenvalue weighted by atomic mass is 16.5. The zero-order valence-electron chi connectivity index (χ0n) is 13.6. The maximum absolute atomic E-state index is 5.19. The summed E-state index contributed by atoms with van der Waals surface area (Å²) in [6.45, 7) is 2.92. The quantitative estimate of drug-likeness (QED) is 0.826. The summed E-state index contributed by atoms with van der Waals surface area (Å²) in [5.41, 5.74) is 1.01. The highest BCUT2D eigenvalue weighted by molar-refractivity contribution is 5.41. The van der Waals surface area contributed by atoms with E-state index in [0.717, 1.165) is 44.0 Å². The van der Waals surface area contributed by atoms with Crippen LogP contribution in [0.1, 0.15) is 18.5 Å². The second kappa shape index (κ2) is 7.32. The average molecular weight is 314 g/mol. The molecule has 1 atom stereocenters. The van der Waals surface area contributed by atoms with E-state index in [9.17, 15) is 0 Å². The predicted octanol–water partition coefficient (Wildman–Crippen LogP) is 1.38. The van der Waals surface area contributed by atoms with Crippen molar-refractivity contribution in [2.75, 3.05) is 32.1 Å². The van der Waals surface area contributed by atoms with Crippen LogP contribution in [0.15, 0.2) is 31.0 Å². The molecule has 1 aliphatic rings. The number of hydrogen-bond acceptors (Lipinski definition) is 7. The first-order chi connectivity index (χ1) is 11.3. The lowest BCUT2D eigenvalue weighted by Crippen LogP contribution is -2.46. The first-order valence-electron chi connectivity index (χ1n) is 7.82. The van der Waals surface area contributed by atoms with Crippen LogP contribution in [0, 0.1) is 0 Å². The van der Waals surface area contributed by atoms with E-state index < -0.39 is 0 Å². The molecule has 0 aliphatic carbocycles. The number of likely N-dealkylation sites (N-methyl/N-ethyl adjacent to an activating group) is 1. The zero-order valence-corrected chi connectivity index (χ0v) is 13.6. The molecule has 122 valence electrons. The molecule has 7 heteroatoms. The molecule has 7 nitrogen and oxygen atoms in total. The number of aromatic nitrogens is 4. The molecule has 23 heavy (non-hydrogen) atoms. The Balaban J connectivity index is 1.65. The first-order valence-corrected chi connectivity index (χ1v) is 7.82. The second-order valence-corrected chi connectivity index (χ2v) is 5.76. The van der Waals surface area contributed by atoms with Crippen LogP contribution >= 0.6 is 0 Å². The fourth-order valence-electron chi connectivity index (χ4n) is 2.95. The van der Waals surface area contributed by atoms with E-state index in [4.69, 9.17) is 4.74 Å². The Morgan fingerprint density at radius 3 is 3.00 bits per heavy atom. The molecule has 3 rings (SSSR count). The Morgan fingerprint density at radius 1 is 1.30 bits per heavy atom. The summed E-state index contributed by atoms with van der Waals surface area (Å²) in [5, 5.41) is 0. The van der Waals surface area contributed by atoms with Gasteiger partial charge in [-0.3, -0.25) is 14.9 Å². The Bertz CT molecular complexity index is 623. The fourth-order valence-corrected chi connectivity index (χ4v) is 2.95. The Kier molecular flexibility index (Phi) is 4.97. The molecule has 1 saturated heterocycles. The summed E-state index contributed by atoms with van der Waals surface area (Å²) < 4.78 is 5.19. The van der Waals surface area contributed by atoms with E-state index in [2.05, 4.69) is 36.8 Å². The summed E-state index contributed by atoms with van der Waals surface area (Å²) in [6, 6.07) is 2.29. The highest BCUT2D eigenvalue weighted by Crippen LogP contribution is 2.22. The number of methoxy groups -OCH3 is 1. The molecule has 0 spiro atoms. The lowest BCUT2D eigenvalue weighted by molar-refractivity contribution is 0.196. The van der Waals surface area contributed by atoms with Crippen LogP contribution in [0.5, 0.6) is 5.88 Å². The fraction of sp³-hybridized carbons (Fsp3) is 0.500. The Labute approximate surface area is 136 Å². The molecule has 3 heterocycles. The Morgan fingerprint density at radius 2 is 2.22 bits per heavy atom. The maximum atomic E-state index is 5.19. The van der Waals surface area contributed by atoms with Crippen LogP contribution in [-0.2, 0) is 6.54 Å². The minimum atomic E-state index is 0.417. The van der Waals surface area contributed by atoms with Gasteiger partial charge >= 0.3 is 0 Å². The molecule has 0 aromatic carbocycles. The Hall–Kier alpha value is -2.28. The van der Waals surface area contributed by atoms with E-state index in [0.29, 0.717) is 11.9 Å². The topological polar surface area (TPSA) is 67.3 Å². The molecular formula is C16H22N6O. The number of rotatable bonds is 5.